The van der Waals surface area contributed by atoms with Gasteiger partial charge < -0.3 is 9.68 Å². The molecule has 0 bridgehead atoms. The molecule has 4 heteroatoms. The van der Waals surface area contributed by atoms with E-state index in [1.807, 2.05) is 0 Å². The minimum absolute atomic E-state index is 0.333. The summed E-state index contributed by atoms with van der Waals surface area (Å²) in [5.41, 5.74) is 0. The largest absolute Gasteiger partial charge is 0.621 e. The topological polar surface area (TPSA) is 27.5 Å². The lowest BCUT2D eigenvalue weighted by Gasteiger charge is -2.06. The molecule has 1 heterocycles. The number of hydrogen-bond acceptors (Lipinski definition) is 3. The number of rotatable bonds is 0. The van der Waals surface area contributed by atoms with E-state index in [1.165, 1.54) is 11.0 Å². The molecule has 0 radical (unpaired) electrons. The van der Waals surface area contributed by atoms with E-state index in [0.717, 1.165) is 12.3 Å². The first kappa shape index (κ1) is 4.77. The van der Waals surface area contributed by atoms with E-state index < -0.39 is 0 Å². The molecule has 0 saturated carbocycles. The number of nitrogens with one attached hydrogen (secondary N) is 1. The summed E-state index contributed by atoms with van der Waals surface area (Å²) in [5.74, 6) is 1.02. The molecule has 0 aromatic heterocycles. The van der Waals surface area contributed by atoms with Crippen LogP contribution in [0.2, 0.25) is 0 Å². The molecule has 1 N–H and O–H groups in total. The lowest BCUT2D eigenvalue weighted by Crippen LogP contribution is -2.98. The van der Waals surface area contributed by atoms with Gasteiger partial charge in [-0.2, -0.15) is 0 Å². The van der Waals surface area contributed by atoms with Gasteiger partial charge in [-0.3, -0.25) is 0 Å². The summed E-state index contributed by atoms with van der Waals surface area (Å²) in [7, 11) is 3.02. The van der Waals surface area contributed by atoms with Gasteiger partial charge in [-0.25, -0.2) is 0 Å². The van der Waals surface area contributed by atoms with Gasteiger partial charge in [-0.15, -0.1) is 0 Å². The molecule has 0 spiro atoms. The third-order valence-electron chi connectivity index (χ3n) is 0.541. The molecule has 1 atom stereocenters. The fourth-order valence-corrected chi connectivity index (χ4v) is 2.22. The molecular formula is C2H5NOS2. The summed E-state index contributed by atoms with van der Waals surface area (Å²) in [6, 6.07) is 0. The van der Waals surface area contributed by atoms with Crippen LogP contribution in [0.5, 0.6) is 0 Å². The van der Waals surface area contributed by atoms with E-state index in [1.54, 1.807) is 10.8 Å². The second-order valence-electron chi connectivity index (χ2n) is 1.03. The van der Waals surface area contributed by atoms with Crippen molar-refractivity contribution >= 4 is 21.8 Å². The molecule has 0 aliphatic carbocycles. The summed E-state index contributed by atoms with van der Waals surface area (Å²) in [6.07, 6.45) is 0. The Kier molecular flexibility index (Phi) is 1.64. The van der Waals surface area contributed by atoms with Crippen LogP contribution < -0.4 is 4.47 Å². The molecule has 1 rings (SSSR count). The number of hydrogen-bond donors (Lipinski definition) is 1. The third kappa shape index (κ3) is 1.04. The monoisotopic (exact) mass is 123 g/mol. The molecule has 1 aliphatic heterocycles. The van der Waals surface area contributed by atoms with Crippen LogP contribution in [0.4, 0.5) is 0 Å². The molecule has 1 unspecified atom stereocenters. The van der Waals surface area contributed by atoms with Gasteiger partial charge in [0, 0.05) is 0 Å². The van der Waals surface area contributed by atoms with Gasteiger partial charge in [0.05, 0.1) is 12.3 Å². The second kappa shape index (κ2) is 2.07. The predicted molar refractivity (Wildman–Crippen MR) is 29.2 cm³/mol. The Bertz CT molecular complexity index is 44.8. The van der Waals surface area contributed by atoms with Crippen LogP contribution >= 0.6 is 21.8 Å². The maximum Gasteiger partial charge on any atom is 0.145 e. The van der Waals surface area contributed by atoms with Crippen LogP contribution in [0.3, 0.4) is 0 Å². The van der Waals surface area contributed by atoms with Gasteiger partial charge in [0.15, 0.2) is 0 Å². The Morgan fingerprint density at radius 3 is 2.67 bits per heavy atom. The summed E-state index contributed by atoms with van der Waals surface area (Å²) < 4.78 is 0.333. The zero-order valence-corrected chi connectivity index (χ0v) is 4.77. The molecule has 36 valence electrons. The highest BCUT2D eigenvalue weighted by atomic mass is 33.1. The Balaban J connectivity index is 2.18. The van der Waals surface area contributed by atoms with Crippen LogP contribution in [0.15, 0.2) is 0 Å². The fraction of sp³-hybridized carbons (Fsp3) is 1.00. The van der Waals surface area contributed by atoms with Gasteiger partial charge in [0.1, 0.15) is 11.0 Å². The average molecular weight is 123 g/mol. The molecule has 0 amide bonds. The van der Waals surface area contributed by atoms with Crippen molar-refractivity contribution in [1.29, 1.82) is 0 Å². The maximum atomic E-state index is 10.2. The number of hydroxylamine groups is 1. The first-order valence-corrected chi connectivity index (χ1v) is 4.04. The lowest BCUT2D eigenvalue weighted by atomic mass is 10.8. The van der Waals surface area contributed by atoms with E-state index in [9.17, 15) is 5.21 Å². The van der Waals surface area contributed by atoms with Crippen molar-refractivity contribution in [2.75, 3.05) is 12.3 Å². The van der Waals surface area contributed by atoms with Gasteiger partial charge in [-0.1, -0.05) is 0 Å². The van der Waals surface area contributed by atoms with Crippen LogP contribution in [-0.4, -0.2) is 12.3 Å². The number of quaternary nitrogens is 1. The summed E-state index contributed by atoms with van der Waals surface area (Å²) in [5, 5.41) is 10.2. The highest BCUT2D eigenvalue weighted by Crippen LogP contribution is 2.15. The van der Waals surface area contributed by atoms with E-state index in [-0.39, 0.29) is 0 Å². The van der Waals surface area contributed by atoms with Crippen molar-refractivity contribution in [3.63, 3.8) is 0 Å². The van der Waals surface area contributed by atoms with Gasteiger partial charge in [0.25, 0.3) is 0 Å². The SMILES string of the molecule is [O-][NH+]1CCSS1. The van der Waals surface area contributed by atoms with E-state index >= 15 is 0 Å². The zero-order valence-electron chi connectivity index (χ0n) is 3.14. The normalized spacial score (nSPS) is 34.5. The molecule has 0 aromatic carbocycles. The second-order valence-corrected chi connectivity index (χ2v) is 3.50. The van der Waals surface area contributed by atoms with Crippen LogP contribution in [0.25, 0.3) is 0 Å². The van der Waals surface area contributed by atoms with Crippen LogP contribution in [0, 0.1) is 5.21 Å². The lowest BCUT2D eigenvalue weighted by molar-refractivity contribution is -0.685. The molecule has 1 saturated heterocycles. The van der Waals surface area contributed by atoms with E-state index in [2.05, 4.69) is 0 Å². The fourth-order valence-electron chi connectivity index (χ4n) is 0.274. The van der Waals surface area contributed by atoms with Crippen molar-refractivity contribution in [2.45, 2.75) is 0 Å². The molecule has 1 aliphatic rings. The molecule has 2 nitrogen and oxygen atoms in total. The molecule has 1 fully saturated rings. The third-order valence-corrected chi connectivity index (χ3v) is 2.83. The zero-order chi connectivity index (χ0) is 4.41. The van der Waals surface area contributed by atoms with Crippen LogP contribution in [0.1, 0.15) is 0 Å². The van der Waals surface area contributed by atoms with Gasteiger partial charge >= 0.3 is 0 Å². The Morgan fingerprint density at radius 2 is 2.50 bits per heavy atom. The summed E-state index contributed by atoms with van der Waals surface area (Å²) in [4.78, 5) is 0. The highest BCUT2D eigenvalue weighted by molar-refractivity contribution is 8.74. The van der Waals surface area contributed by atoms with E-state index in [0.29, 0.717) is 4.47 Å². The first-order chi connectivity index (χ1) is 2.89. The van der Waals surface area contributed by atoms with Crippen molar-refractivity contribution in [3.05, 3.63) is 5.21 Å². The Morgan fingerprint density at radius 1 is 1.67 bits per heavy atom. The molecular weight excluding hydrogens is 118 g/mol. The average Bonchev–Trinajstić information content (AvgIpc) is 1.86. The molecule has 0 aromatic rings. The molecule has 6 heavy (non-hydrogen) atoms. The van der Waals surface area contributed by atoms with Crippen molar-refractivity contribution in [3.8, 4) is 0 Å². The van der Waals surface area contributed by atoms with Gasteiger partial charge in [0.2, 0.25) is 0 Å². The smallest absolute Gasteiger partial charge is 0.145 e. The van der Waals surface area contributed by atoms with Gasteiger partial charge in [-0.05, 0) is 10.8 Å². The van der Waals surface area contributed by atoms with E-state index in [4.69, 9.17) is 0 Å². The minimum Gasteiger partial charge on any atom is -0.621 e. The predicted octanol–water partition coefficient (Wildman–Crippen LogP) is -0.321. The standard InChI is InChI=1S/C2H5NOS2/c4-3-1-2-5-6-3/h3H,1-2H2. The van der Waals surface area contributed by atoms with Crippen molar-refractivity contribution < 1.29 is 4.47 Å². The highest BCUT2D eigenvalue weighted by Gasteiger charge is 2.07. The quantitative estimate of drug-likeness (QED) is 0.272. The van der Waals surface area contributed by atoms with Crippen molar-refractivity contribution in [2.24, 2.45) is 0 Å². The summed E-state index contributed by atoms with van der Waals surface area (Å²) >= 11 is 0. The maximum absolute atomic E-state index is 10.2. The minimum atomic E-state index is 0.333. The first-order valence-electron chi connectivity index (χ1n) is 1.72. The van der Waals surface area contributed by atoms with Crippen molar-refractivity contribution in [1.82, 2.24) is 0 Å². The van der Waals surface area contributed by atoms with Crippen LogP contribution in [-0.2, 0) is 0 Å². The summed E-state index contributed by atoms with van der Waals surface area (Å²) in [6.45, 7) is 0.773. The Labute approximate surface area is 44.4 Å². The Hall–Kier alpha value is 0.620.